The van der Waals surface area contributed by atoms with Crippen molar-refractivity contribution in [2.75, 3.05) is 0 Å². The highest BCUT2D eigenvalue weighted by Crippen LogP contribution is 2.24. The molecule has 0 saturated carbocycles. The lowest BCUT2D eigenvalue weighted by Crippen LogP contribution is -2.18. The molecule has 0 aliphatic rings. The normalized spacial score (nSPS) is 11.7. The Morgan fingerprint density at radius 2 is 1.67 bits per heavy atom. The lowest BCUT2D eigenvalue weighted by Gasteiger charge is -2.18. The molecule has 1 N–H and O–H groups in total. The summed E-state index contributed by atoms with van der Waals surface area (Å²) in [5.74, 6) is 1.05. The van der Waals surface area contributed by atoms with Gasteiger partial charge < -0.3 is 4.42 Å². The van der Waals surface area contributed by atoms with Crippen molar-refractivity contribution in [3.8, 4) is 11.3 Å². The smallest absolute Gasteiger partial charge is 0.271 e. The Balaban J connectivity index is 1.62. The number of rotatable bonds is 4. The highest BCUT2D eigenvalue weighted by atomic mass is 79.9. The summed E-state index contributed by atoms with van der Waals surface area (Å²) in [5.41, 5.74) is 5.30. The summed E-state index contributed by atoms with van der Waals surface area (Å²) in [6, 6.07) is 19.1. The standard InChI is InChI=1S/C22H21BrN2O2/c1-22(2,3)17-8-4-16(5-9-17)21(26)25-24-14-19-12-13-20(27-19)15-6-10-18(23)11-7-15/h4-14H,1-3H3,(H,25,26)/b24-14+. The Morgan fingerprint density at radius 1 is 1.00 bits per heavy atom. The Morgan fingerprint density at radius 3 is 2.30 bits per heavy atom. The van der Waals surface area contributed by atoms with Crippen molar-refractivity contribution in [2.24, 2.45) is 5.10 Å². The second-order valence-electron chi connectivity index (χ2n) is 7.24. The van der Waals surface area contributed by atoms with Gasteiger partial charge in [0.25, 0.3) is 5.91 Å². The molecule has 4 nitrogen and oxygen atoms in total. The van der Waals surface area contributed by atoms with Crippen LogP contribution in [0.3, 0.4) is 0 Å². The number of amides is 1. The van der Waals surface area contributed by atoms with E-state index in [2.05, 4.69) is 47.2 Å². The lowest BCUT2D eigenvalue weighted by molar-refractivity contribution is 0.0955. The third-order valence-corrected chi connectivity index (χ3v) is 4.66. The first-order chi connectivity index (χ1) is 12.8. The van der Waals surface area contributed by atoms with Crippen LogP contribution in [-0.2, 0) is 5.41 Å². The van der Waals surface area contributed by atoms with Gasteiger partial charge in [0.15, 0.2) is 0 Å². The zero-order valence-electron chi connectivity index (χ0n) is 15.5. The Bertz CT molecular complexity index is 949. The number of nitrogens with one attached hydrogen (secondary N) is 1. The van der Waals surface area contributed by atoms with Crippen molar-refractivity contribution in [2.45, 2.75) is 26.2 Å². The van der Waals surface area contributed by atoms with Crippen LogP contribution >= 0.6 is 15.9 Å². The minimum Gasteiger partial charge on any atom is -0.455 e. The van der Waals surface area contributed by atoms with Gasteiger partial charge in [0.2, 0.25) is 0 Å². The van der Waals surface area contributed by atoms with Gasteiger partial charge in [0.05, 0.1) is 6.21 Å². The topological polar surface area (TPSA) is 54.6 Å². The number of hydrogen-bond donors (Lipinski definition) is 1. The Kier molecular flexibility index (Phi) is 5.61. The number of carbonyl (C=O) groups is 1. The molecule has 0 saturated heterocycles. The molecular weight excluding hydrogens is 404 g/mol. The first-order valence-corrected chi connectivity index (χ1v) is 9.42. The molecule has 27 heavy (non-hydrogen) atoms. The summed E-state index contributed by atoms with van der Waals surface area (Å²) < 4.78 is 6.75. The van der Waals surface area contributed by atoms with E-state index in [1.165, 1.54) is 11.8 Å². The largest absolute Gasteiger partial charge is 0.455 e. The molecule has 0 radical (unpaired) electrons. The van der Waals surface area contributed by atoms with Crippen LogP contribution in [0, 0.1) is 0 Å². The number of halogens is 1. The molecule has 1 amide bonds. The first kappa shape index (κ1) is 19.1. The molecule has 0 aliphatic heterocycles. The van der Waals surface area contributed by atoms with Crippen LogP contribution < -0.4 is 5.43 Å². The van der Waals surface area contributed by atoms with E-state index in [0.29, 0.717) is 11.3 Å². The van der Waals surface area contributed by atoms with Crippen molar-refractivity contribution in [1.82, 2.24) is 5.43 Å². The number of hydrogen-bond acceptors (Lipinski definition) is 3. The summed E-state index contributed by atoms with van der Waals surface area (Å²) in [4.78, 5) is 12.2. The quantitative estimate of drug-likeness (QED) is 0.426. The Hall–Kier alpha value is -2.66. The first-order valence-electron chi connectivity index (χ1n) is 8.63. The van der Waals surface area contributed by atoms with Gasteiger partial charge in [0.1, 0.15) is 11.5 Å². The van der Waals surface area contributed by atoms with Crippen LogP contribution in [0.1, 0.15) is 42.5 Å². The zero-order chi connectivity index (χ0) is 19.4. The molecule has 0 aliphatic carbocycles. The maximum absolute atomic E-state index is 12.2. The molecule has 0 fully saturated rings. The fourth-order valence-electron chi connectivity index (χ4n) is 2.53. The van der Waals surface area contributed by atoms with Crippen molar-refractivity contribution in [3.05, 3.63) is 82.0 Å². The van der Waals surface area contributed by atoms with Gasteiger partial charge in [-0.05, 0) is 47.4 Å². The Labute approximate surface area is 167 Å². The molecule has 1 aromatic heterocycles. The van der Waals surface area contributed by atoms with Crippen molar-refractivity contribution >= 4 is 28.1 Å². The lowest BCUT2D eigenvalue weighted by atomic mass is 9.87. The monoisotopic (exact) mass is 424 g/mol. The molecule has 1 heterocycles. The molecule has 3 aromatic rings. The van der Waals surface area contributed by atoms with Crippen LogP contribution in [-0.4, -0.2) is 12.1 Å². The molecule has 3 rings (SSSR count). The zero-order valence-corrected chi connectivity index (χ0v) is 17.1. The van der Waals surface area contributed by atoms with Gasteiger partial charge in [-0.3, -0.25) is 4.79 Å². The van der Waals surface area contributed by atoms with Crippen LogP contribution in [0.15, 0.2) is 74.7 Å². The highest BCUT2D eigenvalue weighted by molar-refractivity contribution is 9.10. The van der Waals surface area contributed by atoms with Crippen molar-refractivity contribution in [1.29, 1.82) is 0 Å². The number of carbonyl (C=O) groups excluding carboxylic acids is 1. The molecule has 0 spiro atoms. The molecule has 2 aromatic carbocycles. The van der Waals surface area contributed by atoms with Crippen LogP contribution in [0.25, 0.3) is 11.3 Å². The van der Waals surface area contributed by atoms with Gasteiger partial charge in [-0.15, -0.1) is 0 Å². The molecule has 5 heteroatoms. The van der Waals surface area contributed by atoms with Gasteiger partial charge in [-0.1, -0.05) is 61.0 Å². The molecule has 0 unspecified atom stereocenters. The van der Waals surface area contributed by atoms with E-state index in [1.807, 2.05) is 60.7 Å². The average molecular weight is 425 g/mol. The van der Waals surface area contributed by atoms with E-state index in [9.17, 15) is 4.79 Å². The average Bonchev–Trinajstić information content (AvgIpc) is 3.10. The summed E-state index contributed by atoms with van der Waals surface area (Å²) in [5, 5.41) is 3.98. The number of hydrazone groups is 1. The third-order valence-electron chi connectivity index (χ3n) is 4.13. The molecule has 0 bridgehead atoms. The molecular formula is C22H21BrN2O2. The van der Waals surface area contributed by atoms with E-state index < -0.39 is 0 Å². The third kappa shape index (κ3) is 4.95. The van der Waals surface area contributed by atoms with E-state index in [4.69, 9.17) is 4.42 Å². The SMILES string of the molecule is CC(C)(C)c1ccc(C(=O)N/N=C/c2ccc(-c3ccc(Br)cc3)o2)cc1. The number of benzene rings is 2. The number of furan rings is 1. The predicted octanol–water partition coefficient (Wildman–Crippen LogP) is 5.77. The van der Waals surface area contributed by atoms with Gasteiger partial charge in [-0.25, -0.2) is 5.43 Å². The van der Waals surface area contributed by atoms with Crippen LogP contribution in [0.5, 0.6) is 0 Å². The fraction of sp³-hybridized carbons (Fsp3) is 0.182. The molecule has 138 valence electrons. The maximum atomic E-state index is 12.2. The van der Waals surface area contributed by atoms with E-state index in [0.717, 1.165) is 15.8 Å². The highest BCUT2D eigenvalue weighted by Gasteiger charge is 2.14. The second-order valence-corrected chi connectivity index (χ2v) is 8.15. The second kappa shape index (κ2) is 7.92. The van der Waals surface area contributed by atoms with Crippen LogP contribution in [0.2, 0.25) is 0 Å². The van der Waals surface area contributed by atoms with E-state index >= 15 is 0 Å². The van der Waals surface area contributed by atoms with Gasteiger partial charge in [0, 0.05) is 15.6 Å². The summed E-state index contributed by atoms with van der Waals surface area (Å²) in [7, 11) is 0. The summed E-state index contributed by atoms with van der Waals surface area (Å²) >= 11 is 3.41. The minimum absolute atomic E-state index is 0.0546. The maximum Gasteiger partial charge on any atom is 0.271 e. The number of nitrogens with zero attached hydrogens (tertiary/aromatic N) is 1. The fourth-order valence-corrected chi connectivity index (χ4v) is 2.80. The van der Waals surface area contributed by atoms with Crippen molar-refractivity contribution < 1.29 is 9.21 Å². The summed E-state index contributed by atoms with van der Waals surface area (Å²) in [6.07, 6.45) is 1.49. The van der Waals surface area contributed by atoms with Gasteiger partial charge >= 0.3 is 0 Å². The minimum atomic E-state index is -0.258. The van der Waals surface area contributed by atoms with Crippen LogP contribution in [0.4, 0.5) is 0 Å². The summed E-state index contributed by atoms with van der Waals surface area (Å²) in [6.45, 7) is 6.41. The predicted molar refractivity (Wildman–Crippen MR) is 112 cm³/mol. The van der Waals surface area contributed by atoms with Crippen molar-refractivity contribution in [3.63, 3.8) is 0 Å². The van der Waals surface area contributed by atoms with E-state index in [-0.39, 0.29) is 11.3 Å². The van der Waals surface area contributed by atoms with Gasteiger partial charge in [-0.2, -0.15) is 5.10 Å². The molecule has 0 atom stereocenters. The van der Waals surface area contributed by atoms with E-state index in [1.54, 1.807) is 0 Å².